The zero-order valence-electron chi connectivity index (χ0n) is 6.93. The molecule has 3 nitrogen and oxygen atoms in total. The number of hydrogen-bond donors (Lipinski definition) is 1. The van der Waals surface area contributed by atoms with Crippen molar-refractivity contribution in [2.24, 2.45) is 0 Å². The van der Waals surface area contributed by atoms with Crippen molar-refractivity contribution >= 4 is 17.7 Å². The van der Waals surface area contributed by atoms with Gasteiger partial charge >= 0.3 is 5.97 Å². The minimum Gasteiger partial charge on any atom is -0.476 e. The molecule has 13 heavy (non-hydrogen) atoms. The monoisotopic (exact) mass is 195 g/mol. The summed E-state index contributed by atoms with van der Waals surface area (Å²) in [6.45, 7) is 3.56. The van der Waals surface area contributed by atoms with E-state index in [9.17, 15) is 4.79 Å². The molecule has 1 rings (SSSR count). The van der Waals surface area contributed by atoms with Crippen molar-refractivity contribution in [3.8, 4) is 0 Å². The Balaban J connectivity index is 2.90. The van der Waals surface area contributed by atoms with E-state index in [0.717, 1.165) is 0 Å². The summed E-state index contributed by atoms with van der Waals surface area (Å²) in [7, 11) is 0. The van der Waals surface area contributed by atoms with Crippen LogP contribution in [0.2, 0.25) is 0 Å². The fourth-order valence-electron chi connectivity index (χ4n) is 0.816. The molecule has 0 aliphatic heterocycles. The lowest BCUT2D eigenvalue weighted by molar-refractivity contribution is 0.0686. The average molecular weight is 195 g/mol. The lowest BCUT2D eigenvalue weighted by atomic mass is 10.3. The number of nitrogens with zero attached hydrogens (tertiary/aromatic N) is 1. The van der Waals surface area contributed by atoms with Gasteiger partial charge in [0.15, 0.2) is 5.69 Å². The third-order valence-corrected chi connectivity index (χ3v) is 2.37. The second-order valence-electron chi connectivity index (χ2n) is 2.25. The molecule has 0 spiro atoms. The molecule has 1 aromatic heterocycles. The maximum atomic E-state index is 10.7. The molecule has 1 N–H and O–H groups in total. The van der Waals surface area contributed by atoms with Gasteiger partial charge in [0.2, 0.25) is 0 Å². The molecule has 0 bridgehead atoms. The molecule has 68 valence electrons. The average Bonchev–Trinajstić information content (AvgIpc) is 2.15. The quantitative estimate of drug-likeness (QED) is 0.590. The summed E-state index contributed by atoms with van der Waals surface area (Å²) in [5, 5.41) is 8.76. The van der Waals surface area contributed by atoms with Crippen LogP contribution in [0.15, 0.2) is 35.9 Å². The van der Waals surface area contributed by atoms with Crippen LogP contribution in [0.5, 0.6) is 0 Å². The maximum Gasteiger partial charge on any atom is 0.355 e. The number of carbonyl (C=O) groups is 1. The van der Waals surface area contributed by atoms with Crippen LogP contribution in [-0.2, 0) is 0 Å². The summed E-state index contributed by atoms with van der Waals surface area (Å²) in [5.74, 6) is -0.307. The Morgan fingerprint density at radius 2 is 2.54 bits per heavy atom. The zero-order valence-corrected chi connectivity index (χ0v) is 7.75. The van der Waals surface area contributed by atoms with E-state index in [2.05, 4.69) is 11.6 Å². The van der Waals surface area contributed by atoms with Crippen LogP contribution in [0.25, 0.3) is 0 Å². The number of thioether (sulfide) groups is 1. The summed E-state index contributed by atoms with van der Waals surface area (Å²) >= 11 is 1.41. The number of carboxylic acid groups (broad SMARTS) is 1. The first-order chi connectivity index (χ1) is 6.25. The molecule has 1 heterocycles. The van der Waals surface area contributed by atoms with E-state index in [0.29, 0.717) is 10.6 Å². The summed E-state index contributed by atoms with van der Waals surface area (Å²) in [5.41, 5.74) is 0.106. The van der Waals surface area contributed by atoms with Crippen LogP contribution in [0.1, 0.15) is 10.5 Å². The van der Waals surface area contributed by atoms with Crippen molar-refractivity contribution in [3.05, 3.63) is 36.7 Å². The first kappa shape index (κ1) is 9.80. The third-order valence-electron chi connectivity index (χ3n) is 1.33. The minimum absolute atomic E-state index is 0.106. The van der Waals surface area contributed by atoms with E-state index in [1.807, 2.05) is 0 Å². The molecule has 0 aromatic carbocycles. The summed E-state index contributed by atoms with van der Waals surface area (Å²) in [4.78, 5) is 15.1. The highest BCUT2D eigenvalue weighted by Crippen LogP contribution is 2.20. The molecule has 0 fully saturated rings. The molecule has 4 heteroatoms. The molecule has 0 amide bonds. The summed E-state index contributed by atoms with van der Waals surface area (Å²) < 4.78 is 0. The number of aromatic carboxylic acids is 1. The van der Waals surface area contributed by atoms with E-state index in [1.165, 1.54) is 18.0 Å². The molecule has 0 atom stereocenters. The van der Waals surface area contributed by atoms with E-state index in [1.54, 1.807) is 18.2 Å². The van der Waals surface area contributed by atoms with Crippen molar-refractivity contribution in [1.82, 2.24) is 4.98 Å². The van der Waals surface area contributed by atoms with Gasteiger partial charge in [0.1, 0.15) is 0 Å². The molecule has 1 aromatic rings. The highest BCUT2D eigenvalue weighted by atomic mass is 32.2. The second-order valence-corrected chi connectivity index (χ2v) is 3.32. The van der Waals surface area contributed by atoms with Crippen molar-refractivity contribution in [2.75, 3.05) is 5.75 Å². The Morgan fingerprint density at radius 1 is 1.77 bits per heavy atom. The SMILES string of the molecule is C=CCSc1cccnc1C(=O)O. The van der Waals surface area contributed by atoms with Crippen LogP contribution < -0.4 is 0 Å². The molecule has 0 aliphatic rings. The van der Waals surface area contributed by atoms with E-state index in [-0.39, 0.29) is 5.69 Å². The molecule has 0 saturated heterocycles. The zero-order chi connectivity index (χ0) is 9.68. The number of rotatable bonds is 4. The van der Waals surface area contributed by atoms with E-state index >= 15 is 0 Å². The highest BCUT2D eigenvalue weighted by molar-refractivity contribution is 7.99. The van der Waals surface area contributed by atoms with Crippen LogP contribution >= 0.6 is 11.8 Å². The topological polar surface area (TPSA) is 50.2 Å². The highest BCUT2D eigenvalue weighted by Gasteiger charge is 2.09. The van der Waals surface area contributed by atoms with Gasteiger partial charge in [-0.2, -0.15) is 0 Å². The molecule has 0 radical (unpaired) electrons. The Labute approximate surface area is 80.5 Å². The maximum absolute atomic E-state index is 10.7. The van der Waals surface area contributed by atoms with Gasteiger partial charge in [-0.1, -0.05) is 6.08 Å². The Morgan fingerprint density at radius 3 is 3.15 bits per heavy atom. The van der Waals surface area contributed by atoms with Crippen molar-refractivity contribution in [2.45, 2.75) is 4.90 Å². The number of carboxylic acids is 1. The van der Waals surface area contributed by atoms with Gasteiger partial charge in [0, 0.05) is 16.8 Å². The van der Waals surface area contributed by atoms with Gasteiger partial charge in [-0.05, 0) is 12.1 Å². The van der Waals surface area contributed by atoms with Crippen LogP contribution in [0.3, 0.4) is 0 Å². The lowest BCUT2D eigenvalue weighted by Gasteiger charge is -2.01. The molecule has 0 saturated carbocycles. The fraction of sp³-hybridized carbons (Fsp3) is 0.111. The van der Waals surface area contributed by atoms with Gasteiger partial charge in [-0.25, -0.2) is 9.78 Å². The Kier molecular flexibility index (Phi) is 3.52. The smallest absolute Gasteiger partial charge is 0.355 e. The summed E-state index contributed by atoms with van der Waals surface area (Å²) in [6, 6.07) is 3.46. The van der Waals surface area contributed by atoms with Gasteiger partial charge in [-0.3, -0.25) is 0 Å². The van der Waals surface area contributed by atoms with Gasteiger partial charge in [0.05, 0.1) is 0 Å². The first-order valence-electron chi connectivity index (χ1n) is 3.67. The predicted octanol–water partition coefficient (Wildman–Crippen LogP) is 2.06. The lowest BCUT2D eigenvalue weighted by Crippen LogP contribution is -2.01. The van der Waals surface area contributed by atoms with E-state index < -0.39 is 5.97 Å². The molecular formula is C9H9NO2S. The van der Waals surface area contributed by atoms with Crippen molar-refractivity contribution in [3.63, 3.8) is 0 Å². The van der Waals surface area contributed by atoms with Gasteiger partial charge in [0.25, 0.3) is 0 Å². The van der Waals surface area contributed by atoms with Crippen molar-refractivity contribution in [1.29, 1.82) is 0 Å². The Hall–Kier alpha value is -1.29. The fourth-order valence-corrected chi connectivity index (χ4v) is 1.57. The molecule has 0 unspecified atom stereocenters. The standard InChI is InChI=1S/C9H9NO2S/c1-2-6-13-7-4-3-5-10-8(7)9(11)12/h2-5H,1,6H2,(H,11,12). The molecule has 0 aliphatic carbocycles. The first-order valence-corrected chi connectivity index (χ1v) is 4.66. The number of aromatic nitrogens is 1. The van der Waals surface area contributed by atoms with Crippen LogP contribution in [0.4, 0.5) is 0 Å². The van der Waals surface area contributed by atoms with Crippen LogP contribution in [-0.4, -0.2) is 21.8 Å². The number of hydrogen-bond acceptors (Lipinski definition) is 3. The van der Waals surface area contributed by atoms with Gasteiger partial charge in [-0.15, -0.1) is 18.3 Å². The number of pyridine rings is 1. The third kappa shape index (κ3) is 2.59. The summed E-state index contributed by atoms with van der Waals surface area (Å²) in [6.07, 6.45) is 3.20. The molecular weight excluding hydrogens is 186 g/mol. The normalized spacial score (nSPS) is 9.54. The minimum atomic E-state index is -0.993. The van der Waals surface area contributed by atoms with Crippen LogP contribution in [0, 0.1) is 0 Å². The van der Waals surface area contributed by atoms with Gasteiger partial charge < -0.3 is 5.11 Å². The Bertz CT molecular complexity index is 325. The van der Waals surface area contributed by atoms with Crippen molar-refractivity contribution < 1.29 is 9.90 Å². The van der Waals surface area contributed by atoms with E-state index in [4.69, 9.17) is 5.11 Å². The largest absolute Gasteiger partial charge is 0.476 e. The predicted molar refractivity (Wildman–Crippen MR) is 52.1 cm³/mol. The second kappa shape index (κ2) is 4.67.